The van der Waals surface area contributed by atoms with Crippen LogP contribution in [0.1, 0.15) is 16.1 Å². The minimum Gasteiger partial charge on any atom is -0.478 e. The quantitative estimate of drug-likeness (QED) is 0.776. The van der Waals surface area contributed by atoms with E-state index in [-0.39, 0.29) is 17.7 Å². The summed E-state index contributed by atoms with van der Waals surface area (Å²) in [7, 11) is 1.72. The Bertz CT molecular complexity index is 930. The van der Waals surface area contributed by atoms with Crippen molar-refractivity contribution in [3.63, 3.8) is 0 Å². The zero-order chi connectivity index (χ0) is 16.4. The molecule has 116 valence electrons. The Morgan fingerprint density at radius 1 is 1.04 bits per heavy atom. The standard InChI is InChI=1S/C18H16N2O3/c1-19-11-15-16(18(22)23)13-9-5-6-10-14(13)17(21)20(15)12-7-3-2-4-8-12/h2-10,19H,11H2,1H3,(H,22,23). The van der Waals surface area contributed by atoms with Gasteiger partial charge in [-0.15, -0.1) is 0 Å². The van der Waals surface area contributed by atoms with Crippen LogP contribution in [0, 0.1) is 0 Å². The first kappa shape index (κ1) is 15.0. The lowest BCUT2D eigenvalue weighted by Crippen LogP contribution is -2.28. The van der Waals surface area contributed by atoms with Crippen molar-refractivity contribution in [2.45, 2.75) is 6.54 Å². The Labute approximate surface area is 132 Å². The van der Waals surface area contributed by atoms with Crippen molar-refractivity contribution in [1.29, 1.82) is 0 Å². The first-order valence-electron chi connectivity index (χ1n) is 7.25. The van der Waals surface area contributed by atoms with Gasteiger partial charge in [0.2, 0.25) is 0 Å². The van der Waals surface area contributed by atoms with Gasteiger partial charge in [-0.25, -0.2) is 4.79 Å². The lowest BCUT2D eigenvalue weighted by molar-refractivity contribution is 0.0697. The van der Waals surface area contributed by atoms with Crippen LogP contribution in [0.4, 0.5) is 0 Å². The van der Waals surface area contributed by atoms with Gasteiger partial charge in [0.05, 0.1) is 11.3 Å². The van der Waals surface area contributed by atoms with Crippen LogP contribution in [0.2, 0.25) is 0 Å². The van der Waals surface area contributed by atoms with E-state index in [1.807, 2.05) is 18.2 Å². The maximum atomic E-state index is 12.9. The molecule has 0 spiro atoms. The van der Waals surface area contributed by atoms with Crippen molar-refractivity contribution in [3.05, 3.63) is 76.2 Å². The van der Waals surface area contributed by atoms with Crippen LogP contribution >= 0.6 is 0 Å². The van der Waals surface area contributed by atoms with E-state index in [2.05, 4.69) is 5.32 Å². The Morgan fingerprint density at radius 2 is 1.65 bits per heavy atom. The predicted octanol–water partition coefficient (Wildman–Crippen LogP) is 2.41. The van der Waals surface area contributed by atoms with Gasteiger partial charge in [-0.3, -0.25) is 9.36 Å². The van der Waals surface area contributed by atoms with E-state index >= 15 is 0 Å². The number of benzene rings is 2. The summed E-state index contributed by atoms with van der Waals surface area (Å²) in [5.41, 5.74) is 1.02. The molecular formula is C18H16N2O3. The Balaban J connectivity index is 2.52. The summed E-state index contributed by atoms with van der Waals surface area (Å²) in [5, 5.41) is 13.5. The summed E-state index contributed by atoms with van der Waals surface area (Å²) in [6, 6.07) is 15.9. The van der Waals surface area contributed by atoms with Crippen molar-refractivity contribution in [1.82, 2.24) is 9.88 Å². The number of nitrogens with one attached hydrogen (secondary N) is 1. The van der Waals surface area contributed by atoms with Crippen molar-refractivity contribution < 1.29 is 9.90 Å². The Hall–Kier alpha value is -2.92. The summed E-state index contributed by atoms with van der Waals surface area (Å²) >= 11 is 0. The number of carboxylic acids is 1. The topological polar surface area (TPSA) is 71.3 Å². The molecule has 0 fully saturated rings. The van der Waals surface area contributed by atoms with E-state index in [1.54, 1.807) is 43.4 Å². The van der Waals surface area contributed by atoms with Crippen LogP contribution in [-0.4, -0.2) is 22.7 Å². The Morgan fingerprint density at radius 3 is 2.26 bits per heavy atom. The number of aromatic nitrogens is 1. The number of hydrogen-bond acceptors (Lipinski definition) is 3. The average Bonchev–Trinajstić information content (AvgIpc) is 2.56. The van der Waals surface area contributed by atoms with Gasteiger partial charge in [0, 0.05) is 23.0 Å². The number of para-hydroxylation sites is 1. The monoisotopic (exact) mass is 308 g/mol. The van der Waals surface area contributed by atoms with Gasteiger partial charge in [0.15, 0.2) is 0 Å². The van der Waals surface area contributed by atoms with Gasteiger partial charge in [-0.1, -0.05) is 36.4 Å². The van der Waals surface area contributed by atoms with E-state index < -0.39 is 5.97 Å². The first-order chi connectivity index (χ1) is 11.1. The third-order valence-corrected chi connectivity index (χ3v) is 3.76. The average molecular weight is 308 g/mol. The van der Waals surface area contributed by atoms with Crippen LogP contribution < -0.4 is 10.9 Å². The zero-order valence-electron chi connectivity index (χ0n) is 12.6. The lowest BCUT2D eigenvalue weighted by Gasteiger charge is -2.17. The predicted molar refractivity (Wildman–Crippen MR) is 89.3 cm³/mol. The van der Waals surface area contributed by atoms with Crippen molar-refractivity contribution in [3.8, 4) is 5.69 Å². The molecule has 5 nitrogen and oxygen atoms in total. The minimum absolute atomic E-state index is 0.151. The van der Waals surface area contributed by atoms with Gasteiger partial charge in [-0.05, 0) is 25.2 Å². The van der Waals surface area contributed by atoms with E-state index in [1.165, 1.54) is 4.57 Å². The molecule has 3 rings (SSSR count). The number of carboxylic acid groups (broad SMARTS) is 1. The van der Waals surface area contributed by atoms with E-state index in [0.29, 0.717) is 22.2 Å². The normalized spacial score (nSPS) is 10.8. The maximum Gasteiger partial charge on any atom is 0.338 e. The highest BCUT2D eigenvalue weighted by molar-refractivity contribution is 6.04. The van der Waals surface area contributed by atoms with Crippen molar-refractivity contribution >= 4 is 16.7 Å². The molecule has 0 atom stereocenters. The molecule has 5 heteroatoms. The molecule has 0 unspecified atom stereocenters. The van der Waals surface area contributed by atoms with Gasteiger partial charge in [-0.2, -0.15) is 0 Å². The third-order valence-electron chi connectivity index (χ3n) is 3.76. The van der Waals surface area contributed by atoms with Gasteiger partial charge in [0.25, 0.3) is 5.56 Å². The molecule has 2 N–H and O–H groups in total. The first-order valence-corrected chi connectivity index (χ1v) is 7.25. The zero-order valence-corrected chi connectivity index (χ0v) is 12.6. The lowest BCUT2D eigenvalue weighted by atomic mass is 10.0. The van der Waals surface area contributed by atoms with Crippen LogP contribution in [0.15, 0.2) is 59.4 Å². The molecule has 0 aliphatic heterocycles. The number of rotatable bonds is 4. The molecule has 23 heavy (non-hydrogen) atoms. The molecule has 0 saturated heterocycles. The van der Waals surface area contributed by atoms with Gasteiger partial charge in [0.1, 0.15) is 0 Å². The number of hydrogen-bond donors (Lipinski definition) is 2. The second-order valence-electron chi connectivity index (χ2n) is 5.18. The minimum atomic E-state index is -1.05. The van der Waals surface area contributed by atoms with Crippen molar-refractivity contribution in [2.24, 2.45) is 0 Å². The number of fused-ring (bicyclic) bond motifs is 1. The fraction of sp³-hybridized carbons (Fsp3) is 0.111. The molecule has 3 aromatic rings. The summed E-state index contributed by atoms with van der Waals surface area (Å²) in [6.07, 6.45) is 0. The van der Waals surface area contributed by atoms with E-state index in [9.17, 15) is 14.7 Å². The highest BCUT2D eigenvalue weighted by atomic mass is 16.4. The highest BCUT2D eigenvalue weighted by Gasteiger charge is 2.21. The van der Waals surface area contributed by atoms with Crippen LogP contribution in [0.3, 0.4) is 0 Å². The summed E-state index contributed by atoms with van der Waals surface area (Å²) in [6.45, 7) is 0.274. The van der Waals surface area contributed by atoms with Crippen LogP contribution in [0.5, 0.6) is 0 Å². The molecule has 0 saturated carbocycles. The number of nitrogens with zero attached hydrogens (tertiary/aromatic N) is 1. The second-order valence-corrected chi connectivity index (χ2v) is 5.18. The summed E-state index contributed by atoms with van der Waals surface area (Å²) < 4.78 is 1.47. The molecule has 0 radical (unpaired) electrons. The SMILES string of the molecule is CNCc1c(C(=O)O)c2ccccc2c(=O)n1-c1ccccc1. The van der Waals surface area contributed by atoms with E-state index in [0.717, 1.165) is 0 Å². The maximum absolute atomic E-state index is 12.9. The smallest absolute Gasteiger partial charge is 0.338 e. The fourth-order valence-electron chi connectivity index (χ4n) is 2.82. The number of aromatic carboxylic acids is 1. The molecule has 1 aromatic heterocycles. The largest absolute Gasteiger partial charge is 0.478 e. The third kappa shape index (κ3) is 2.51. The fourth-order valence-corrected chi connectivity index (χ4v) is 2.82. The van der Waals surface area contributed by atoms with Gasteiger partial charge < -0.3 is 10.4 Å². The molecular weight excluding hydrogens is 292 g/mol. The number of pyridine rings is 1. The molecule has 0 aliphatic carbocycles. The van der Waals surface area contributed by atoms with Crippen LogP contribution in [-0.2, 0) is 6.54 Å². The van der Waals surface area contributed by atoms with Crippen LogP contribution in [0.25, 0.3) is 16.5 Å². The van der Waals surface area contributed by atoms with Gasteiger partial charge >= 0.3 is 5.97 Å². The number of carbonyl (C=O) groups is 1. The molecule has 0 amide bonds. The summed E-state index contributed by atoms with van der Waals surface area (Å²) in [4.78, 5) is 24.8. The summed E-state index contributed by atoms with van der Waals surface area (Å²) in [5.74, 6) is -1.05. The molecule has 2 aromatic carbocycles. The second kappa shape index (κ2) is 6.06. The molecule has 1 heterocycles. The molecule has 0 aliphatic rings. The Kier molecular flexibility index (Phi) is 3.95. The molecule has 0 bridgehead atoms. The highest BCUT2D eigenvalue weighted by Crippen LogP contribution is 2.22. The van der Waals surface area contributed by atoms with Crippen molar-refractivity contribution in [2.75, 3.05) is 7.05 Å². The van der Waals surface area contributed by atoms with E-state index in [4.69, 9.17) is 0 Å².